The molecule has 1 aliphatic heterocycles. The lowest BCUT2D eigenvalue weighted by Gasteiger charge is -2.28. The van der Waals surface area contributed by atoms with Gasteiger partial charge >= 0.3 is 0 Å². The summed E-state index contributed by atoms with van der Waals surface area (Å²) in [5.74, 6) is 0.699. The number of nitrogens with zero attached hydrogens (tertiary/aromatic N) is 3. The first-order valence-electron chi connectivity index (χ1n) is 11.2. The molecular weight excluding hydrogens is 398 g/mol. The monoisotopic (exact) mass is 431 g/mol. The molecular formula is C23H34ClN5O+2. The number of quaternary nitrogens is 2. The predicted molar refractivity (Wildman–Crippen MR) is 118 cm³/mol. The summed E-state index contributed by atoms with van der Waals surface area (Å²) in [6.07, 6.45) is 3.77. The minimum atomic E-state index is 0.0921. The topological polar surface area (TPSA) is 47.0 Å². The average molecular weight is 432 g/mol. The number of aryl methyl sites for hydroxylation is 1. The van der Waals surface area contributed by atoms with Gasteiger partial charge in [0.1, 0.15) is 31.9 Å². The first kappa shape index (κ1) is 21.3. The number of rotatable bonds is 8. The molecule has 2 aliphatic rings. The summed E-state index contributed by atoms with van der Waals surface area (Å²) in [6.45, 7) is 7.33. The number of carbonyl (C=O) groups excluding carboxylic acids is 1. The lowest BCUT2D eigenvalue weighted by Crippen LogP contribution is -3.27. The van der Waals surface area contributed by atoms with Gasteiger partial charge in [-0.15, -0.1) is 0 Å². The van der Waals surface area contributed by atoms with Crippen LogP contribution in [0.25, 0.3) is 0 Å². The van der Waals surface area contributed by atoms with Gasteiger partial charge in [0.05, 0.1) is 25.2 Å². The molecule has 2 N–H and O–H groups in total. The molecule has 1 aromatic carbocycles. The molecule has 30 heavy (non-hydrogen) atoms. The minimum absolute atomic E-state index is 0.0921. The first-order chi connectivity index (χ1) is 14.5. The predicted octanol–water partition coefficient (Wildman–Crippen LogP) is 0.00910. The molecule has 2 atom stereocenters. The van der Waals surface area contributed by atoms with Crippen LogP contribution in [-0.2, 0) is 18.4 Å². The van der Waals surface area contributed by atoms with E-state index in [1.54, 1.807) is 20.7 Å². The minimum Gasteiger partial charge on any atom is -0.336 e. The summed E-state index contributed by atoms with van der Waals surface area (Å²) in [7, 11) is 4.14. The zero-order chi connectivity index (χ0) is 21.1. The van der Waals surface area contributed by atoms with E-state index >= 15 is 0 Å². The van der Waals surface area contributed by atoms with Gasteiger partial charge in [-0.2, -0.15) is 5.10 Å². The second kappa shape index (κ2) is 9.50. The highest BCUT2D eigenvalue weighted by Crippen LogP contribution is 2.48. The number of nitrogens with one attached hydrogen (secondary N) is 2. The van der Waals surface area contributed by atoms with Crippen molar-refractivity contribution in [3.63, 3.8) is 0 Å². The van der Waals surface area contributed by atoms with E-state index in [0.29, 0.717) is 17.5 Å². The number of piperazine rings is 1. The van der Waals surface area contributed by atoms with E-state index in [1.807, 2.05) is 18.0 Å². The Morgan fingerprint density at radius 3 is 2.63 bits per heavy atom. The maximum Gasteiger partial charge on any atom is 0.226 e. The van der Waals surface area contributed by atoms with Crippen LogP contribution >= 0.6 is 11.6 Å². The van der Waals surface area contributed by atoms with Crippen molar-refractivity contribution >= 4 is 17.5 Å². The van der Waals surface area contributed by atoms with E-state index in [-0.39, 0.29) is 11.8 Å². The lowest BCUT2D eigenvalue weighted by molar-refractivity contribution is -1.00. The second-order valence-electron chi connectivity index (χ2n) is 9.03. The van der Waals surface area contributed by atoms with Gasteiger partial charge in [0.15, 0.2) is 0 Å². The third-order valence-electron chi connectivity index (χ3n) is 6.61. The van der Waals surface area contributed by atoms with E-state index in [9.17, 15) is 4.79 Å². The number of halogens is 1. The molecule has 1 aromatic heterocycles. The normalized spacial score (nSPS) is 25.8. The summed E-state index contributed by atoms with van der Waals surface area (Å²) >= 11 is 6.36. The molecule has 4 rings (SSSR count). The van der Waals surface area contributed by atoms with Crippen molar-refractivity contribution in [2.45, 2.75) is 25.3 Å². The first-order valence-corrected chi connectivity index (χ1v) is 11.6. The smallest absolute Gasteiger partial charge is 0.226 e. The van der Waals surface area contributed by atoms with E-state index in [1.165, 1.54) is 31.7 Å². The largest absolute Gasteiger partial charge is 0.336 e. The Morgan fingerprint density at radius 1 is 1.23 bits per heavy atom. The quantitative estimate of drug-likeness (QED) is 0.618. The number of benzene rings is 1. The van der Waals surface area contributed by atoms with Crippen molar-refractivity contribution in [3.05, 3.63) is 52.8 Å². The van der Waals surface area contributed by atoms with Crippen LogP contribution in [0.1, 0.15) is 30.0 Å². The van der Waals surface area contributed by atoms with Gasteiger partial charge in [0.2, 0.25) is 5.91 Å². The highest BCUT2D eigenvalue weighted by molar-refractivity contribution is 6.31. The number of amides is 1. The van der Waals surface area contributed by atoms with Crippen molar-refractivity contribution in [2.24, 2.45) is 13.0 Å². The Labute approximate surface area is 184 Å². The van der Waals surface area contributed by atoms with Gasteiger partial charge < -0.3 is 14.7 Å². The Hall–Kier alpha value is -1.89. The molecule has 6 nitrogen and oxygen atoms in total. The van der Waals surface area contributed by atoms with Crippen LogP contribution in [0, 0.1) is 5.92 Å². The van der Waals surface area contributed by atoms with E-state index in [2.05, 4.69) is 36.4 Å². The van der Waals surface area contributed by atoms with Crippen LogP contribution < -0.4 is 9.80 Å². The van der Waals surface area contributed by atoms with Gasteiger partial charge in [-0.05, 0) is 17.9 Å². The van der Waals surface area contributed by atoms with Gasteiger partial charge in [0, 0.05) is 32.1 Å². The highest BCUT2D eigenvalue weighted by atomic mass is 35.5. The average Bonchev–Trinajstić information content (AvgIpc) is 3.48. The SMILES string of the molecule is Cn1cc(Cl)c(CN(CCC[NH+]2CC[NH+](C)CC2)C(=O)[C@@H]2C[C@H]2c2ccccc2)n1. The molecule has 0 unspecified atom stereocenters. The molecule has 1 amide bonds. The molecule has 0 radical (unpaired) electrons. The van der Waals surface area contributed by atoms with Crippen LogP contribution in [0.5, 0.6) is 0 Å². The molecule has 0 spiro atoms. The number of likely N-dealkylation sites (N-methyl/N-ethyl adjacent to an activating group) is 1. The van der Waals surface area contributed by atoms with Crippen LogP contribution in [0.3, 0.4) is 0 Å². The standard InChI is InChI=1S/C23H32ClN5O/c1-26-11-13-28(14-12-26)9-6-10-29(17-22-21(24)16-27(2)25-22)23(30)20-15-19(20)18-7-4-3-5-8-18/h3-5,7-8,16,19-20H,6,9-15,17H2,1-2H3/p+2/t19-,20+/m0/s1. The van der Waals surface area contributed by atoms with Crippen LogP contribution in [0.4, 0.5) is 0 Å². The summed E-state index contributed by atoms with van der Waals surface area (Å²) in [5, 5.41) is 5.12. The number of carbonyl (C=O) groups is 1. The van der Waals surface area contributed by atoms with Crippen molar-refractivity contribution in [1.29, 1.82) is 0 Å². The van der Waals surface area contributed by atoms with Gasteiger partial charge in [-0.3, -0.25) is 9.48 Å². The number of hydrogen-bond donors (Lipinski definition) is 2. The van der Waals surface area contributed by atoms with E-state index in [4.69, 9.17) is 11.6 Å². The fourth-order valence-electron chi connectivity index (χ4n) is 4.63. The Bertz CT molecular complexity index is 847. The van der Waals surface area contributed by atoms with Crippen LogP contribution in [-0.4, -0.2) is 66.9 Å². The maximum absolute atomic E-state index is 13.4. The molecule has 1 aliphatic carbocycles. The third kappa shape index (κ3) is 5.23. The molecule has 2 fully saturated rings. The molecule has 7 heteroatoms. The summed E-state index contributed by atoms with van der Waals surface area (Å²) < 4.78 is 1.72. The fraction of sp³-hybridized carbons (Fsp3) is 0.565. The summed E-state index contributed by atoms with van der Waals surface area (Å²) in [5.41, 5.74) is 2.07. The maximum atomic E-state index is 13.4. The van der Waals surface area contributed by atoms with Crippen molar-refractivity contribution in [1.82, 2.24) is 14.7 Å². The van der Waals surface area contributed by atoms with Crippen LogP contribution in [0.15, 0.2) is 36.5 Å². The van der Waals surface area contributed by atoms with Crippen LogP contribution in [0.2, 0.25) is 5.02 Å². The highest BCUT2D eigenvalue weighted by Gasteiger charge is 2.45. The van der Waals surface area contributed by atoms with Crippen molar-refractivity contribution in [2.75, 3.05) is 46.3 Å². The third-order valence-corrected chi connectivity index (χ3v) is 6.93. The summed E-state index contributed by atoms with van der Waals surface area (Å²) in [4.78, 5) is 18.7. The summed E-state index contributed by atoms with van der Waals surface area (Å²) in [6, 6.07) is 10.4. The second-order valence-corrected chi connectivity index (χ2v) is 9.43. The number of hydrogen-bond acceptors (Lipinski definition) is 2. The van der Waals surface area contributed by atoms with Gasteiger partial charge in [0.25, 0.3) is 0 Å². The van der Waals surface area contributed by atoms with E-state index < -0.39 is 0 Å². The van der Waals surface area contributed by atoms with Crippen molar-refractivity contribution in [3.8, 4) is 0 Å². The zero-order valence-electron chi connectivity index (χ0n) is 18.1. The Morgan fingerprint density at radius 2 is 1.97 bits per heavy atom. The molecule has 162 valence electrons. The van der Waals surface area contributed by atoms with Gasteiger partial charge in [-0.1, -0.05) is 41.9 Å². The number of aromatic nitrogens is 2. The molecule has 2 heterocycles. The van der Waals surface area contributed by atoms with Gasteiger partial charge in [-0.25, -0.2) is 0 Å². The van der Waals surface area contributed by atoms with E-state index in [0.717, 1.165) is 31.6 Å². The Balaban J connectivity index is 1.38. The molecule has 0 bridgehead atoms. The van der Waals surface area contributed by atoms with Crippen molar-refractivity contribution < 1.29 is 14.6 Å². The zero-order valence-corrected chi connectivity index (χ0v) is 18.9. The molecule has 1 saturated carbocycles. The Kier molecular flexibility index (Phi) is 6.76. The fourth-order valence-corrected chi connectivity index (χ4v) is 4.87. The lowest BCUT2D eigenvalue weighted by atomic mass is 10.1. The molecule has 1 saturated heterocycles. The molecule has 2 aromatic rings.